The fraction of sp³-hybridized carbons (Fsp3) is 0.568. The maximum absolute atomic E-state index is 13.4. The van der Waals surface area contributed by atoms with Gasteiger partial charge in [0.25, 0.3) is 0 Å². The van der Waals surface area contributed by atoms with E-state index in [4.69, 9.17) is 9.47 Å². The number of ether oxygens (including phenoxy) is 2. The number of carbonyl (C=O) groups is 2. The van der Waals surface area contributed by atoms with Gasteiger partial charge in [-0.25, -0.2) is 0 Å². The van der Waals surface area contributed by atoms with Gasteiger partial charge in [-0.05, 0) is 98.4 Å². The molecule has 0 bridgehead atoms. The highest BCUT2D eigenvalue weighted by molar-refractivity contribution is 5.92. The summed E-state index contributed by atoms with van der Waals surface area (Å²) in [4.78, 5) is 36.2. The van der Waals surface area contributed by atoms with Crippen LogP contribution in [-0.2, 0) is 9.59 Å². The summed E-state index contributed by atoms with van der Waals surface area (Å²) in [6.45, 7) is 9.03. The number of nitrogens with zero attached hydrogens (tertiary/aromatic N) is 3. The number of hydrogen-bond acceptors (Lipinski definition) is 6. The third kappa shape index (κ3) is 6.76. The first-order chi connectivity index (χ1) is 22.2. The maximum Gasteiger partial charge on any atom is 0.236 e. The van der Waals surface area contributed by atoms with Crippen LogP contribution in [0.3, 0.4) is 0 Å². The minimum Gasteiger partial charge on any atom is -0.493 e. The minimum absolute atomic E-state index is 0.0797. The Balaban J connectivity index is 1.09. The number of aliphatic hydroxyl groups excluding tert-OH is 1. The Hall–Kier alpha value is -3.56. The quantitative estimate of drug-likeness (QED) is 0.347. The fourth-order valence-corrected chi connectivity index (χ4v) is 7.87. The number of aliphatic hydroxyl groups is 1. The molecule has 46 heavy (non-hydrogen) atoms. The average molecular weight is 631 g/mol. The number of piperidine rings is 3. The highest BCUT2D eigenvalue weighted by atomic mass is 16.5. The van der Waals surface area contributed by atoms with Gasteiger partial charge in [-0.3, -0.25) is 14.5 Å². The van der Waals surface area contributed by atoms with Gasteiger partial charge in [-0.15, -0.1) is 0 Å². The molecule has 248 valence electrons. The number of benzene rings is 2. The van der Waals surface area contributed by atoms with Gasteiger partial charge in [0, 0.05) is 49.2 Å². The molecule has 6 rings (SSSR count). The van der Waals surface area contributed by atoms with E-state index in [1.165, 1.54) is 16.5 Å². The Morgan fingerprint density at radius 3 is 2.37 bits per heavy atom. The van der Waals surface area contributed by atoms with Crippen molar-refractivity contribution in [2.45, 2.75) is 70.3 Å². The summed E-state index contributed by atoms with van der Waals surface area (Å²) in [5, 5.41) is 11.3. The summed E-state index contributed by atoms with van der Waals surface area (Å²) in [6.07, 6.45) is 4.89. The monoisotopic (exact) mass is 630 g/mol. The van der Waals surface area contributed by atoms with E-state index in [-0.39, 0.29) is 17.7 Å². The van der Waals surface area contributed by atoms with Crippen molar-refractivity contribution in [1.29, 1.82) is 0 Å². The Bertz CT molecular complexity index is 1540. The normalized spacial score (nSPS) is 21.6. The van der Waals surface area contributed by atoms with E-state index in [9.17, 15) is 14.7 Å². The molecule has 4 heterocycles. The van der Waals surface area contributed by atoms with Crippen LogP contribution in [0.5, 0.6) is 11.5 Å². The second-order valence-electron chi connectivity index (χ2n) is 13.8. The highest BCUT2D eigenvalue weighted by Gasteiger charge is 2.33. The summed E-state index contributed by atoms with van der Waals surface area (Å²) in [7, 11) is 3.32. The van der Waals surface area contributed by atoms with Crippen molar-refractivity contribution in [1.82, 2.24) is 19.7 Å². The molecule has 1 aromatic heterocycles. The molecule has 0 radical (unpaired) electrons. The van der Waals surface area contributed by atoms with Gasteiger partial charge in [0.05, 0.1) is 38.5 Å². The zero-order valence-electron chi connectivity index (χ0n) is 27.9. The summed E-state index contributed by atoms with van der Waals surface area (Å²) < 4.78 is 11.0. The Morgan fingerprint density at radius 1 is 0.891 bits per heavy atom. The standard InChI is InChI=1S/C37H50N4O5/c1-24(2)35-30-19-26(9-11-31(30)38-36(35)27-10-12-32(45-3)33(20-27)46-4)25-13-17-40(18-14-25)34(43)23-39-15-5-7-28(21-39)37(44)41-16-6-8-29(42)22-41/h9-12,19-20,24-25,28-29,38,42H,5-8,13-18,21-23H2,1-4H3/t28-,29?/m0/s1. The predicted octanol–water partition coefficient (Wildman–Crippen LogP) is 5.38. The number of nitrogens with one attached hydrogen (secondary N) is 1. The average Bonchev–Trinajstić information content (AvgIpc) is 3.47. The predicted molar refractivity (Wildman–Crippen MR) is 180 cm³/mol. The number of amides is 2. The second kappa shape index (κ2) is 14.1. The van der Waals surface area contributed by atoms with Crippen molar-refractivity contribution < 1.29 is 24.2 Å². The summed E-state index contributed by atoms with van der Waals surface area (Å²) in [6, 6.07) is 12.9. The van der Waals surface area contributed by atoms with Crippen molar-refractivity contribution in [3.63, 3.8) is 0 Å². The van der Waals surface area contributed by atoms with Crippen molar-refractivity contribution in [3.8, 4) is 22.8 Å². The van der Waals surface area contributed by atoms with Crippen LogP contribution in [0, 0.1) is 5.92 Å². The lowest BCUT2D eigenvalue weighted by molar-refractivity contribution is -0.142. The first kappa shape index (κ1) is 32.4. The Labute approximate surface area is 272 Å². The maximum atomic E-state index is 13.4. The number of aromatic amines is 1. The molecule has 2 amide bonds. The smallest absolute Gasteiger partial charge is 0.236 e. The van der Waals surface area contributed by atoms with Crippen LogP contribution in [0.4, 0.5) is 0 Å². The number of methoxy groups -OCH3 is 2. The fourth-order valence-electron chi connectivity index (χ4n) is 7.87. The molecule has 0 spiro atoms. The molecule has 3 fully saturated rings. The van der Waals surface area contributed by atoms with Gasteiger partial charge in [0.1, 0.15) is 0 Å². The number of fused-ring (bicyclic) bond motifs is 1. The zero-order valence-corrected chi connectivity index (χ0v) is 27.9. The number of carbonyl (C=O) groups excluding carboxylic acids is 2. The van der Waals surface area contributed by atoms with Gasteiger partial charge in [0.2, 0.25) is 11.8 Å². The number of likely N-dealkylation sites (tertiary alicyclic amines) is 3. The highest BCUT2D eigenvalue weighted by Crippen LogP contribution is 2.40. The third-order valence-electron chi connectivity index (χ3n) is 10.4. The van der Waals surface area contributed by atoms with Crippen LogP contribution in [0.25, 0.3) is 22.2 Å². The lowest BCUT2D eigenvalue weighted by Crippen LogP contribution is -2.51. The van der Waals surface area contributed by atoms with Gasteiger partial charge in [0.15, 0.2) is 11.5 Å². The van der Waals surface area contributed by atoms with E-state index in [1.807, 2.05) is 21.9 Å². The van der Waals surface area contributed by atoms with Crippen LogP contribution < -0.4 is 9.47 Å². The molecule has 3 aromatic rings. The number of aromatic nitrogens is 1. The lowest BCUT2D eigenvalue weighted by atomic mass is 9.87. The van der Waals surface area contributed by atoms with Gasteiger partial charge >= 0.3 is 0 Å². The van der Waals surface area contributed by atoms with E-state index >= 15 is 0 Å². The zero-order chi connectivity index (χ0) is 32.4. The minimum atomic E-state index is -0.412. The van der Waals surface area contributed by atoms with E-state index < -0.39 is 6.10 Å². The van der Waals surface area contributed by atoms with Crippen LogP contribution in [0.1, 0.15) is 75.3 Å². The van der Waals surface area contributed by atoms with Crippen LogP contribution >= 0.6 is 0 Å². The Morgan fingerprint density at radius 2 is 1.65 bits per heavy atom. The molecular weight excluding hydrogens is 580 g/mol. The molecule has 2 N–H and O–H groups in total. The van der Waals surface area contributed by atoms with Crippen LogP contribution in [0.15, 0.2) is 36.4 Å². The molecule has 3 aliphatic heterocycles. The molecule has 9 nitrogen and oxygen atoms in total. The van der Waals surface area contributed by atoms with Crippen LogP contribution in [-0.4, -0.2) is 103 Å². The third-order valence-corrected chi connectivity index (χ3v) is 10.4. The summed E-state index contributed by atoms with van der Waals surface area (Å²) in [5.41, 5.74) is 5.94. The SMILES string of the molecule is COc1ccc(-c2[nH]c3ccc(C4CCN(C(=O)CN5CCC[C@H](C(=O)N6CCCC(O)C6)C5)CC4)cc3c2C(C)C)cc1OC. The molecule has 0 saturated carbocycles. The number of hydrogen-bond donors (Lipinski definition) is 2. The molecule has 3 saturated heterocycles. The largest absolute Gasteiger partial charge is 0.493 e. The van der Waals surface area contributed by atoms with Gasteiger partial charge in [-0.2, -0.15) is 0 Å². The molecule has 2 atom stereocenters. The number of rotatable bonds is 8. The second-order valence-corrected chi connectivity index (χ2v) is 13.8. The number of β-amino-alcohol motifs (C(OH)–C–C–N with tert-alkyl or cyclic N) is 1. The molecule has 9 heteroatoms. The van der Waals surface area contributed by atoms with E-state index in [0.717, 1.165) is 81.5 Å². The van der Waals surface area contributed by atoms with E-state index in [2.05, 4.69) is 48.0 Å². The Kier molecular flexibility index (Phi) is 9.89. The molecule has 2 aromatic carbocycles. The first-order valence-electron chi connectivity index (χ1n) is 17.1. The molecule has 0 aliphatic carbocycles. The first-order valence-corrected chi connectivity index (χ1v) is 17.1. The van der Waals surface area contributed by atoms with Gasteiger partial charge in [-0.1, -0.05) is 19.9 Å². The summed E-state index contributed by atoms with van der Waals surface area (Å²) in [5.74, 6) is 2.39. The van der Waals surface area contributed by atoms with Crippen molar-refractivity contribution in [3.05, 3.63) is 47.5 Å². The molecule has 1 unspecified atom stereocenters. The molecular formula is C37H50N4O5. The topological polar surface area (TPSA) is 98.3 Å². The van der Waals surface area contributed by atoms with Crippen molar-refractivity contribution in [2.75, 3.05) is 60.0 Å². The van der Waals surface area contributed by atoms with E-state index in [1.54, 1.807) is 14.2 Å². The van der Waals surface area contributed by atoms with Crippen molar-refractivity contribution >= 4 is 22.7 Å². The molecule has 3 aliphatic rings. The summed E-state index contributed by atoms with van der Waals surface area (Å²) >= 11 is 0. The van der Waals surface area contributed by atoms with E-state index in [0.29, 0.717) is 43.0 Å². The number of H-pyrrole nitrogens is 1. The van der Waals surface area contributed by atoms with Crippen molar-refractivity contribution in [2.24, 2.45) is 5.92 Å². The lowest BCUT2D eigenvalue weighted by Gasteiger charge is -2.38. The van der Waals surface area contributed by atoms with Crippen LogP contribution in [0.2, 0.25) is 0 Å². The van der Waals surface area contributed by atoms with Gasteiger partial charge < -0.3 is 29.4 Å².